The molecule has 2 atom stereocenters. The fraction of sp³-hybridized carbons (Fsp3) is 0.562. The second-order valence-corrected chi connectivity index (χ2v) is 6.64. The van der Waals surface area contributed by atoms with Crippen LogP contribution in [0.2, 0.25) is 0 Å². The van der Waals surface area contributed by atoms with Crippen molar-refractivity contribution in [1.29, 1.82) is 0 Å². The van der Waals surface area contributed by atoms with Crippen LogP contribution in [0.3, 0.4) is 0 Å². The number of morpholine rings is 1. The van der Waals surface area contributed by atoms with E-state index < -0.39 is 5.60 Å². The highest BCUT2D eigenvalue weighted by atomic mass is 16.6. The third-order valence-electron chi connectivity index (χ3n) is 3.91. The lowest BCUT2D eigenvalue weighted by Crippen LogP contribution is -2.46. The molecule has 2 heterocycles. The van der Waals surface area contributed by atoms with Gasteiger partial charge in [-0.3, -0.25) is 4.90 Å². The molecule has 4 heteroatoms. The molecule has 2 aliphatic rings. The molecular formula is C16H21NO3. The lowest BCUT2D eigenvalue weighted by atomic mass is 9.93. The van der Waals surface area contributed by atoms with Gasteiger partial charge >= 0.3 is 6.09 Å². The van der Waals surface area contributed by atoms with Gasteiger partial charge in [0.2, 0.25) is 0 Å². The van der Waals surface area contributed by atoms with Crippen molar-refractivity contribution in [3.8, 4) is 0 Å². The van der Waals surface area contributed by atoms with E-state index in [-0.39, 0.29) is 17.7 Å². The minimum Gasteiger partial charge on any atom is -0.444 e. The predicted molar refractivity (Wildman–Crippen MR) is 75.4 cm³/mol. The summed E-state index contributed by atoms with van der Waals surface area (Å²) < 4.78 is 11.5. The van der Waals surface area contributed by atoms with Crippen molar-refractivity contribution < 1.29 is 14.3 Å². The van der Waals surface area contributed by atoms with Crippen LogP contribution in [0.1, 0.15) is 32.8 Å². The Bertz CT molecular complexity index is 508. The summed E-state index contributed by atoms with van der Waals surface area (Å²) >= 11 is 0. The van der Waals surface area contributed by atoms with E-state index in [0.29, 0.717) is 13.2 Å². The number of likely N-dealkylation sites (tertiary alicyclic amines) is 1. The summed E-state index contributed by atoms with van der Waals surface area (Å²) in [6, 6.07) is 10.3. The Balaban J connectivity index is 1.79. The Morgan fingerprint density at radius 2 is 2.05 bits per heavy atom. The second-order valence-electron chi connectivity index (χ2n) is 6.64. The molecule has 1 aromatic rings. The fourth-order valence-electron chi connectivity index (χ4n) is 3.04. The fourth-order valence-corrected chi connectivity index (χ4v) is 3.04. The van der Waals surface area contributed by atoms with Gasteiger partial charge in [0.15, 0.2) is 0 Å². The van der Waals surface area contributed by atoms with E-state index in [0.717, 1.165) is 12.0 Å². The third kappa shape index (κ3) is 2.29. The third-order valence-corrected chi connectivity index (χ3v) is 3.91. The van der Waals surface area contributed by atoms with Gasteiger partial charge in [0.25, 0.3) is 0 Å². The van der Waals surface area contributed by atoms with Crippen molar-refractivity contribution in [3.63, 3.8) is 0 Å². The van der Waals surface area contributed by atoms with Gasteiger partial charge in [0.05, 0.1) is 19.2 Å². The monoisotopic (exact) mass is 275 g/mol. The smallest absolute Gasteiger partial charge is 0.410 e. The summed E-state index contributed by atoms with van der Waals surface area (Å²) in [4.78, 5) is 14.1. The van der Waals surface area contributed by atoms with Crippen molar-refractivity contribution in [3.05, 3.63) is 35.9 Å². The van der Waals surface area contributed by atoms with Crippen LogP contribution in [-0.2, 0) is 15.1 Å². The minimum atomic E-state index is -0.459. The lowest BCUT2D eigenvalue weighted by molar-refractivity contribution is -0.0558. The molecule has 2 saturated heterocycles. The number of benzene rings is 1. The largest absolute Gasteiger partial charge is 0.444 e. The molecule has 2 fully saturated rings. The molecule has 1 aromatic carbocycles. The molecule has 1 amide bonds. The van der Waals surface area contributed by atoms with Gasteiger partial charge in [-0.1, -0.05) is 30.3 Å². The van der Waals surface area contributed by atoms with Crippen LogP contribution in [0.4, 0.5) is 4.79 Å². The molecule has 4 nitrogen and oxygen atoms in total. The molecule has 2 aliphatic heterocycles. The number of hydrogen-bond acceptors (Lipinski definition) is 3. The number of nitrogens with zero attached hydrogens (tertiary/aromatic N) is 1. The first-order chi connectivity index (χ1) is 9.40. The van der Waals surface area contributed by atoms with Crippen molar-refractivity contribution in [2.24, 2.45) is 0 Å². The number of fused-ring (bicyclic) bond motifs is 2. The molecule has 2 bridgehead atoms. The van der Waals surface area contributed by atoms with Crippen LogP contribution >= 0.6 is 0 Å². The highest BCUT2D eigenvalue weighted by Crippen LogP contribution is 2.45. The quantitative estimate of drug-likeness (QED) is 0.791. The van der Waals surface area contributed by atoms with Crippen molar-refractivity contribution in [2.45, 2.75) is 44.4 Å². The van der Waals surface area contributed by atoms with E-state index in [4.69, 9.17) is 9.47 Å². The van der Waals surface area contributed by atoms with E-state index in [1.54, 1.807) is 0 Å². The lowest BCUT2D eigenvalue weighted by Gasteiger charge is -2.34. The molecule has 0 saturated carbocycles. The molecule has 0 unspecified atom stereocenters. The van der Waals surface area contributed by atoms with Crippen LogP contribution in [0.25, 0.3) is 0 Å². The second kappa shape index (κ2) is 4.48. The van der Waals surface area contributed by atoms with Gasteiger partial charge in [-0.2, -0.15) is 0 Å². The number of amides is 1. The van der Waals surface area contributed by atoms with Crippen LogP contribution in [0.15, 0.2) is 30.3 Å². The van der Waals surface area contributed by atoms with Crippen LogP contribution in [0.5, 0.6) is 0 Å². The Morgan fingerprint density at radius 3 is 2.70 bits per heavy atom. The van der Waals surface area contributed by atoms with Crippen molar-refractivity contribution in [2.75, 3.05) is 13.2 Å². The average molecular weight is 275 g/mol. The molecule has 0 N–H and O–H groups in total. The van der Waals surface area contributed by atoms with Gasteiger partial charge < -0.3 is 9.47 Å². The molecule has 0 aliphatic carbocycles. The predicted octanol–water partition coefficient (Wildman–Crippen LogP) is 2.92. The summed E-state index contributed by atoms with van der Waals surface area (Å²) in [5.74, 6) is 0. The minimum absolute atomic E-state index is 0.130. The van der Waals surface area contributed by atoms with Crippen molar-refractivity contribution >= 4 is 6.09 Å². The first-order valence-electron chi connectivity index (χ1n) is 7.09. The molecule has 20 heavy (non-hydrogen) atoms. The molecule has 0 radical (unpaired) electrons. The summed E-state index contributed by atoms with van der Waals surface area (Å²) in [5.41, 5.74) is 0.344. The highest BCUT2D eigenvalue weighted by Gasteiger charge is 2.54. The molecule has 3 rings (SSSR count). The standard InChI is InChI=1S/C16H21NO3/c1-15(2,3)20-14(18)17-11-16(9-13(17)10-19-16)12-7-5-4-6-8-12/h4-8,13H,9-11H2,1-3H3/t13-,16-/m1/s1. The van der Waals surface area contributed by atoms with Gasteiger partial charge in [-0.05, 0) is 26.3 Å². The van der Waals surface area contributed by atoms with Gasteiger partial charge in [0, 0.05) is 6.42 Å². The average Bonchev–Trinajstić information content (AvgIpc) is 2.97. The number of carbonyl (C=O) groups excluding carboxylic acids is 1. The number of carbonyl (C=O) groups is 1. The van der Waals surface area contributed by atoms with E-state index in [2.05, 4.69) is 12.1 Å². The first kappa shape index (κ1) is 13.4. The van der Waals surface area contributed by atoms with E-state index >= 15 is 0 Å². The Kier molecular flexibility index (Phi) is 3.01. The Labute approximate surface area is 119 Å². The van der Waals surface area contributed by atoms with Crippen molar-refractivity contribution in [1.82, 2.24) is 4.90 Å². The van der Waals surface area contributed by atoms with Crippen LogP contribution in [-0.4, -0.2) is 35.8 Å². The number of hydrogen-bond donors (Lipinski definition) is 0. The zero-order chi connectivity index (χ0) is 14.4. The maximum atomic E-state index is 12.3. The summed E-state index contributed by atoms with van der Waals surface area (Å²) in [6.07, 6.45) is 0.625. The topological polar surface area (TPSA) is 38.8 Å². The van der Waals surface area contributed by atoms with E-state index in [1.165, 1.54) is 0 Å². The number of rotatable bonds is 1. The molecule has 0 aromatic heterocycles. The van der Waals surface area contributed by atoms with Gasteiger partial charge in [-0.25, -0.2) is 4.79 Å². The molecular weight excluding hydrogens is 254 g/mol. The normalized spacial score (nSPS) is 28.8. The van der Waals surface area contributed by atoms with Crippen LogP contribution in [0, 0.1) is 0 Å². The highest BCUT2D eigenvalue weighted by molar-refractivity contribution is 5.69. The van der Waals surface area contributed by atoms with Crippen LogP contribution < -0.4 is 0 Å². The SMILES string of the molecule is CC(C)(C)OC(=O)N1C[C@@]2(c3ccccc3)C[C@@H]1CO2. The van der Waals surface area contributed by atoms with Gasteiger partial charge in [-0.15, -0.1) is 0 Å². The molecule has 108 valence electrons. The summed E-state index contributed by atoms with van der Waals surface area (Å²) in [5, 5.41) is 0. The summed E-state index contributed by atoms with van der Waals surface area (Å²) in [6.45, 7) is 6.85. The maximum absolute atomic E-state index is 12.3. The first-order valence-corrected chi connectivity index (χ1v) is 7.09. The number of ether oxygens (including phenoxy) is 2. The Hall–Kier alpha value is -1.55. The zero-order valence-electron chi connectivity index (χ0n) is 12.3. The van der Waals surface area contributed by atoms with Gasteiger partial charge in [0.1, 0.15) is 11.2 Å². The zero-order valence-corrected chi connectivity index (χ0v) is 12.3. The molecule has 0 spiro atoms. The van der Waals surface area contributed by atoms with E-state index in [1.807, 2.05) is 43.9 Å². The summed E-state index contributed by atoms with van der Waals surface area (Å²) in [7, 11) is 0. The maximum Gasteiger partial charge on any atom is 0.410 e. The Morgan fingerprint density at radius 1 is 1.35 bits per heavy atom. The van der Waals surface area contributed by atoms with E-state index in [9.17, 15) is 4.79 Å².